The molecule has 2 fully saturated rings. The van der Waals surface area contributed by atoms with Crippen molar-refractivity contribution < 1.29 is 9.90 Å². The van der Waals surface area contributed by atoms with Gasteiger partial charge < -0.3 is 15.7 Å². The second kappa shape index (κ2) is 5.92. The van der Waals surface area contributed by atoms with Crippen LogP contribution in [0.4, 0.5) is 4.79 Å². The largest absolute Gasteiger partial charge is 0.387 e. The van der Waals surface area contributed by atoms with Crippen LogP contribution in [0, 0.1) is 5.41 Å². The van der Waals surface area contributed by atoms with Gasteiger partial charge in [0.1, 0.15) is 0 Å². The minimum Gasteiger partial charge on any atom is -0.387 e. The van der Waals surface area contributed by atoms with Gasteiger partial charge in [-0.25, -0.2) is 4.79 Å². The highest BCUT2D eigenvalue weighted by Crippen LogP contribution is 2.35. The Bertz CT molecular complexity index is 327. The number of rotatable bonds is 3. The van der Waals surface area contributed by atoms with Crippen molar-refractivity contribution in [2.45, 2.75) is 57.6 Å². The molecule has 2 amide bonds. The van der Waals surface area contributed by atoms with E-state index in [4.69, 9.17) is 0 Å². The molecule has 2 unspecified atom stereocenters. The summed E-state index contributed by atoms with van der Waals surface area (Å²) in [5.41, 5.74) is -0.528. The molecule has 1 saturated carbocycles. The van der Waals surface area contributed by atoms with Gasteiger partial charge in [0.2, 0.25) is 0 Å². The topological polar surface area (TPSA) is 61.4 Å². The van der Waals surface area contributed by atoms with Crippen molar-refractivity contribution in [1.82, 2.24) is 10.6 Å². The van der Waals surface area contributed by atoms with Crippen LogP contribution in [-0.2, 0) is 0 Å². The predicted octanol–water partition coefficient (Wildman–Crippen LogP) is 2.12. The molecule has 3 N–H and O–H groups in total. The molecule has 1 aliphatic heterocycles. The Balaban J connectivity index is 1.77. The van der Waals surface area contributed by atoms with Crippen LogP contribution in [0.25, 0.3) is 0 Å². The van der Waals surface area contributed by atoms with Crippen LogP contribution in [0.3, 0.4) is 0 Å². The van der Waals surface area contributed by atoms with Gasteiger partial charge in [-0.3, -0.25) is 0 Å². The zero-order chi connectivity index (χ0) is 13.9. The lowest BCUT2D eigenvalue weighted by molar-refractivity contribution is 0.0692. The number of hydrogen-bond acceptors (Lipinski definition) is 3. The Morgan fingerprint density at radius 2 is 2.16 bits per heavy atom. The second-order valence-electron chi connectivity index (χ2n) is 6.64. The van der Waals surface area contributed by atoms with Crippen molar-refractivity contribution in [1.29, 1.82) is 0 Å². The average Bonchev–Trinajstić information content (AvgIpc) is 2.77. The smallest absolute Gasteiger partial charge is 0.315 e. The fraction of sp³-hybridized carbons (Fsp3) is 0.929. The molecule has 0 bridgehead atoms. The Morgan fingerprint density at radius 1 is 1.37 bits per heavy atom. The number of carbonyl (C=O) groups is 1. The summed E-state index contributed by atoms with van der Waals surface area (Å²) in [5, 5.41) is 16.1. The summed E-state index contributed by atoms with van der Waals surface area (Å²) in [6.45, 7) is 4.80. The van der Waals surface area contributed by atoms with Gasteiger partial charge in [-0.05, 0) is 30.4 Å². The summed E-state index contributed by atoms with van der Waals surface area (Å²) >= 11 is 1.75. The molecule has 0 aromatic carbocycles. The number of hydrogen-bond donors (Lipinski definition) is 3. The van der Waals surface area contributed by atoms with Crippen LogP contribution in [-0.4, -0.2) is 40.8 Å². The third-order valence-electron chi connectivity index (χ3n) is 4.47. The lowest BCUT2D eigenvalue weighted by Crippen LogP contribution is -2.53. The van der Waals surface area contributed by atoms with Crippen LogP contribution in [0.2, 0.25) is 0 Å². The van der Waals surface area contributed by atoms with Gasteiger partial charge in [0.25, 0.3) is 0 Å². The van der Waals surface area contributed by atoms with E-state index >= 15 is 0 Å². The van der Waals surface area contributed by atoms with Crippen molar-refractivity contribution in [3.8, 4) is 0 Å². The predicted molar refractivity (Wildman–Crippen MR) is 79.5 cm³/mol. The third kappa shape index (κ3) is 4.02. The standard InChI is InChI=1S/C14H26N2O2S/c1-13(2)6-4-3-5-11(13)16-12(17)15-9-14(18)7-8-19-10-14/h11,18H,3-10H2,1-2H3,(H2,15,16,17). The van der Waals surface area contributed by atoms with Crippen LogP contribution >= 0.6 is 11.8 Å². The van der Waals surface area contributed by atoms with Crippen molar-refractivity contribution >= 4 is 17.8 Å². The van der Waals surface area contributed by atoms with Gasteiger partial charge in [-0.2, -0.15) is 11.8 Å². The van der Waals surface area contributed by atoms with E-state index < -0.39 is 5.60 Å². The van der Waals surface area contributed by atoms with E-state index in [1.54, 1.807) is 11.8 Å². The number of urea groups is 1. The normalized spacial score (nSPS) is 33.9. The maximum absolute atomic E-state index is 12.0. The molecule has 19 heavy (non-hydrogen) atoms. The highest BCUT2D eigenvalue weighted by atomic mass is 32.2. The second-order valence-corrected chi connectivity index (χ2v) is 7.75. The van der Waals surface area contributed by atoms with Crippen LogP contribution in [0.5, 0.6) is 0 Å². The summed E-state index contributed by atoms with van der Waals surface area (Å²) < 4.78 is 0. The number of carbonyl (C=O) groups excluding carboxylic acids is 1. The fourth-order valence-electron chi connectivity index (χ4n) is 2.95. The first-order valence-corrected chi connectivity index (χ1v) is 8.41. The van der Waals surface area contributed by atoms with Gasteiger partial charge >= 0.3 is 6.03 Å². The molecule has 1 heterocycles. The molecule has 2 aliphatic rings. The van der Waals surface area contributed by atoms with Crippen LogP contribution < -0.4 is 10.6 Å². The van der Waals surface area contributed by atoms with Crippen LogP contribution in [0.1, 0.15) is 46.0 Å². The zero-order valence-electron chi connectivity index (χ0n) is 12.0. The number of aliphatic hydroxyl groups is 1. The third-order valence-corrected chi connectivity index (χ3v) is 5.71. The Hall–Kier alpha value is -0.420. The fourth-order valence-corrected chi connectivity index (χ4v) is 4.25. The molecular weight excluding hydrogens is 260 g/mol. The molecule has 0 aromatic rings. The Kier molecular flexibility index (Phi) is 4.66. The van der Waals surface area contributed by atoms with E-state index in [2.05, 4.69) is 24.5 Å². The first-order chi connectivity index (χ1) is 8.91. The van der Waals surface area contributed by atoms with Gasteiger partial charge in [0, 0.05) is 18.3 Å². The van der Waals surface area contributed by atoms with E-state index in [0.29, 0.717) is 6.54 Å². The van der Waals surface area contributed by atoms with Crippen molar-refractivity contribution in [2.24, 2.45) is 5.41 Å². The summed E-state index contributed by atoms with van der Waals surface area (Å²) in [6, 6.07) is 0.110. The quantitative estimate of drug-likeness (QED) is 0.745. The van der Waals surface area contributed by atoms with Gasteiger partial charge in [0.05, 0.1) is 5.60 Å². The summed E-state index contributed by atoms with van der Waals surface area (Å²) in [5.74, 6) is 1.71. The van der Waals surface area contributed by atoms with E-state index in [1.807, 2.05) is 0 Å². The monoisotopic (exact) mass is 286 g/mol. The number of nitrogens with one attached hydrogen (secondary N) is 2. The lowest BCUT2D eigenvalue weighted by Gasteiger charge is -2.39. The molecular formula is C14H26N2O2S. The van der Waals surface area contributed by atoms with Gasteiger partial charge in [-0.15, -0.1) is 0 Å². The molecule has 0 spiro atoms. The van der Waals surface area contributed by atoms with Gasteiger partial charge in [0.15, 0.2) is 0 Å². The first kappa shape index (κ1) is 15.0. The lowest BCUT2D eigenvalue weighted by atomic mass is 9.73. The molecule has 0 aromatic heterocycles. The highest BCUT2D eigenvalue weighted by Gasteiger charge is 2.35. The Labute approximate surface area is 120 Å². The van der Waals surface area contributed by atoms with Gasteiger partial charge in [-0.1, -0.05) is 26.7 Å². The molecule has 5 heteroatoms. The minimum atomic E-state index is -0.704. The molecule has 1 aliphatic carbocycles. The van der Waals surface area contributed by atoms with Crippen molar-refractivity contribution in [3.05, 3.63) is 0 Å². The zero-order valence-corrected chi connectivity index (χ0v) is 12.8. The maximum Gasteiger partial charge on any atom is 0.315 e. The van der Waals surface area contributed by atoms with E-state index in [0.717, 1.165) is 24.3 Å². The van der Waals surface area contributed by atoms with Crippen molar-refractivity contribution in [2.75, 3.05) is 18.1 Å². The van der Waals surface area contributed by atoms with E-state index in [-0.39, 0.29) is 17.5 Å². The first-order valence-electron chi connectivity index (χ1n) is 7.26. The maximum atomic E-state index is 12.0. The molecule has 110 valence electrons. The van der Waals surface area contributed by atoms with Crippen LogP contribution in [0.15, 0.2) is 0 Å². The number of thioether (sulfide) groups is 1. The van der Waals surface area contributed by atoms with E-state index in [1.165, 1.54) is 19.3 Å². The summed E-state index contributed by atoms with van der Waals surface area (Å²) in [6.07, 6.45) is 5.44. The summed E-state index contributed by atoms with van der Waals surface area (Å²) in [7, 11) is 0. The minimum absolute atomic E-state index is 0.134. The highest BCUT2D eigenvalue weighted by molar-refractivity contribution is 7.99. The molecule has 0 radical (unpaired) electrons. The average molecular weight is 286 g/mol. The van der Waals surface area contributed by atoms with E-state index in [9.17, 15) is 9.90 Å². The number of amides is 2. The molecule has 2 rings (SSSR count). The molecule has 1 saturated heterocycles. The molecule has 4 nitrogen and oxygen atoms in total. The summed E-state index contributed by atoms with van der Waals surface area (Å²) in [4.78, 5) is 12.0. The Morgan fingerprint density at radius 3 is 2.79 bits per heavy atom. The molecule has 2 atom stereocenters. The van der Waals surface area contributed by atoms with Crippen molar-refractivity contribution in [3.63, 3.8) is 0 Å². The SMILES string of the molecule is CC1(C)CCCCC1NC(=O)NCC1(O)CCSC1.